The zero-order valence-corrected chi connectivity index (χ0v) is 33.3. The van der Waals surface area contributed by atoms with Gasteiger partial charge in [-0.05, 0) is 41.9 Å². The van der Waals surface area contributed by atoms with E-state index in [9.17, 15) is 43.2 Å². The molecule has 0 aliphatic heterocycles. The van der Waals surface area contributed by atoms with E-state index in [1.54, 1.807) is 39.8 Å². The number of amides is 8. The van der Waals surface area contributed by atoms with Crippen LogP contribution in [-0.4, -0.2) is 209 Å². The van der Waals surface area contributed by atoms with E-state index in [4.69, 9.17) is 4.74 Å². The van der Waals surface area contributed by atoms with Gasteiger partial charge in [0.1, 0.15) is 11.9 Å². The van der Waals surface area contributed by atoms with Crippen molar-refractivity contribution < 1.29 is 47.9 Å². The van der Waals surface area contributed by atoms with Crippen molar-refractivity contribution >= 4 is 54.2 Å². The minimum Gasteiger partial charge on any atom is -0.520 e. The van der Waals surface area contributed by atoms with E-state index in [0.717, 1.165) is 19.6 Å². The average molecular weight is 958 g/mol. The Balaban J connectivity index is -0.00000247. The van der Waals surface area contributed by atoms with Gasteiger partial charge in [-0.3, -0.25) is 28.8 Å². The fourth-order valence-electron chi connectivity index (χ4n) is 3.23. The van der Waals surface area contributed by atoms with Gasteiger partial charge in [-0.1, -0.05) is 0 Å². The quantitative estimate of drug-likeness (QED) is 0.0601. The molecule has 0 saturated heterocycles. The summed E-state index contributed by atoms with van der Waals surface area (Å²) < 4.78 is 5.09. The molecule has 0 radical (unpaired) electrons. The maximum atomic E-state index is 12.6. The molecule has 50 heavy (non-hydrogen) atoms. The first kappa shape index (κ1) is 48.6. The van der Waals surface area contributed by atoms with Gasteiger partial charge in [0.15, 0.2) is 0 Å². The van der Waals surface area contributed by atoms with Crippen LogP contribution in [0.2, 0.25) is 0 Å². The van der Waals surface area contributed by atoms with Gasteiger partial charge in [0.2, 0.25) is 35.4 Å². The first-order chi connectivity index (χ1) is 22.5. The molecule has 0 aromatic heterocycles. The van der Waals surface area contributed by atoms with E-state index in [1.807, 2.05) is 0 Å². The third-order valence-electron chi connectivity index (χ3n) is 6.07. The maximum Gasteiger partial charge on any atom is 0.407 e. The number of likely N-dealkylation sites (N-methyl/N-ethyl adjacent to an activating group) is 7. The summed E-state index contributed by atoms with van der Waals surface area (Å²) in [6, 6.07) is 0. The molecular weight excluding hydrogens is 903 g/mol. The molecular formula is C30H54FmN9O10-. The van der Waals surface area contributed by atoms with Gasteiger partial charge in [0, 0.05) is 54.9 Å². The molecule has 0 unspecified atom stereocenters. The normalized spacial score (nSPS) is 10.2. The third-order valence-corrected chi connectivity index (χ3v) is 6.07. The third kappa shape index (κ3) is 23.5. The molecule has 0 saturated carbocycles. The van der Waals surface area contributed by atoms with Crippen LogP contribution < -0.4 is 10.6 Å². The molecule has 19 nitrogen and oxygen atoms in total. The second-order valence-corrected chi connectivity index (χ2v) is 12.4. The first-order valence-electron chi connectivity index (χ1n) is 15.1. The summed E-state index contributed by atoms with van der Waals surface area (Å²) in [4.78, 5) is 114. The molecule has 0 fully saturated rings. The SMILES string of the molecule is CN(C)CC(=O)N(C)CC(=O)N(C)CC(=O)N(C)CC(=O)N(C)CC(=O)N(C)CC(=O)NCCNC(=O)OC(C)(C)C.CN([C-]=O)CC=O.[Fm]. The van der Waals surface area contributed by atoms with Crippen molar-refractivity contribution in [1.82, 2.24) is 44.9 Å². The fourth-order valence-corrected chi connectivity index (χ4v) is 3.23. The molecule has 2 N–H and O–H groups in total. The van der Waals surface area contributed by atoms with Crippen LogP contribution in [0, 0.1) is 0 Å². The number of nitrogens with zero attached hydrogens (tertiary/aromatic N) is 7. The number of hydrogen-bond acceptors (Lipinski definition) is 11. The fraction of sp³-hybridized carbons (Fsp3) is 0.700. The molecule has 20 heteroatoms. The Morgan fingerprint density at radius 1 is 0.600 bits per heavy atom. The number of nitrogens with one attached hydrogen (secondary N) is 2. The molecule has 8 amide bonds. The number of aldehydes is 1. The van der Waals surface area contributed by atoms with Crippen molar-refractivity contribution in [3.05, 3.63) is 0 Å². The summed E-state index contributed by atoms with van der Waals surface area (Å²) in [6.07, 6.45) is 1.55. The molecule has 0 aliphatic rings. The van der Waals surface area contributed by atoms with Gasteiger partial charge >= 0.3 is 6.09 Å². The summed E-state index contributed by atoms with van der Waals surface area (Å²) in [5.41, 5.74) is -0.639. The number of alkyl carbamates (subject to hydrolysis) is 1. The number of rotatable bonds is 18. The minimum absolute atomic E-state index is 0. The van der Waals surface area contributed by atoms with Gasteiger partial charge in [-0.25, -0.2) is 4.79 Å². The van der Waals surface area contributed by atoms with Crippen LogP contribution in [0.25, 0.3) is 0 Å². The molecule has 0 aromatic rings. The topological polar surface area (TPSA) is 210 Å². The van der Waals surface area contributed by atoms with Crippen molar-refractivity contribution in [2.75, 3.05) is 115 Å². The van der Waals surface area contributed by atoms with Crippen LogP contribution in [0.4, 0.5) is 4.79 Å². The smallest absolute Gasteiger partial charge is 0.407 e. The van der Waals surface area contributed by atoms with Gasteiger partial charge in [-0.2, -0.15) is 6.41 Å². The number of hydrogen-bond donors (Lipinski definition) is 2. The van der Waals surface area contributed by atoms with E-state index >= 15 is 0 Å². The summed E-state index contributed by atoms with van der Waals surface area (Å²) in [6.45, 7) is 4.32. The Morgan fingerprint density at radius 3 is 1.24 bits per heavy atom. The van der Waals surface area contributed by atoms with E-state index in [2.05, 4.69) is 10.6 Å². The maximum absolute atomic E-state index is 12.6. The summed E-state index contributed by atoms with van der Waals surface area (Å²) >= 11 is 0. The standard InChI is InChI=1S/C26H48N8O8.C4H6NO2.Fm/c1-26(2,3)42-25(41)28-12-11-27-19(35)13-30(6)21(37)15-32(8)23(39)17-34(10)24(40)18-33(9)22(38)16-31(7)20(36)14-29(4)5;1-5(4-7)2-3-6;/h11-18H2,1-10H3,(H,27,35)(H,28,41);3H,2H2,1H3;/q;-1;. The van der Waals surface area contributed by atoms with Crippen molar-refractivity contribution in [2.24, 2.45) is 0 Å². The van der Waals surface area contributed by atoms with Gasteiger partial charge in [-0.15, -0.1) is 0 Å². The molecule has 292 valence electrons. The van der Waals surface area contributed by atoms with Crippen molar-refractivity contribution in [2.45, 2.75) is 26.4 Å². The van der Waals surface area contributed by atoms with Gasteiger partial charge in [0.05, 0.1) is 39.3 Å². The molecule has 0 heterocycles. The van der Waals surface area contributed by atoms with E-state index in [-0.39, 0.29) is 64.8 Å². The average Bonchev–Trinajstić information content (AvgIpc) is 2.98. The van der Waals surface area contributed by atoms with Crippen molar-refractivity contribution in [1.29, 1.82) is 0 Å². The van der Waals surface area contributed by atoms with Crippen LogP contribution >= 0.6 is 0 Å². The first-order valence-corrected chi connectivity index (χ1v) is 15.1. The zero-order chi connectivity index (χ0) is 38.5. The Hall–Kier alpha value is -5.81. The Bertz CT molecular complexity index is 1150. The predicted octanol–water partition coefficient (Wildman–Crippen LogP) is -3.33. The van der Waals surface area contributed by atoms with Crippen LogP contribution in [0.15, 0.2) is 0 Å². The second kappa shape index (κ2) is 24.3. The van der Waals surface area contributed by atoms with Crippen LogP contribution in [0.1, 0.15) is 20.8 Å². The van der Waals surface area contributed by atoms with Gasteiger partial charge < -0.3 is 59.3 Å². The van der Waals surface area contributed by atoms with Gasteiger partial charge in [0.25, 0.3) is 0 Å². The largest absolute Gasteiger partial charge is 0.520 e. The van der Waals surface area contributed by atoms with E-state index in [1.165, 1.54) is 58.5 Å². The second-order valence-electron chi connectivity index (χ2n) is 12.4. The van der Waals surface area contributed by atoms with Crippen LogP contribution in [0.3, 0.4) is 0 Å². The molecule has 0 aromatic carbocycles. The molecule has 0 bridgehead atoms. The van der Waals surface area contributed by atoms with Crippen molar-refractivity contribution in [3.8, 4) is 0 Å². The Morgan fingerprint density at radius 2 is 0.940 bits per heavy atom. The Kier molecular flexibility index (Phi) is 23.7. The van der Waals surface area contributed by atoms with Crippen LogP contribution in [0.5, 0.6) is 0 Å². The van der Waals surface area contributed by atoms with Crippen LogP contribution in [-0.2, 0) is 43.1 Å². The summed E-state index contributed by atoms with van der Waals surface area (Å²) in [5, 5.41) is 5.07. The molecule has 0 atom stereocenters. The molecule has 0 aliphatic carbocycles. The van der Waals surface area contributed by atoms with E-state index in [0.29, 0.717) is 6.29 Å². The van der Waals surface area contributed by atoms with E-state index < -0.39 is 41.2 Å². The predicted molar refractivity (Wildman–Crippen MR) is 178 cm³/mol. The zero-order valence-electron chi connectivity index (χ0n) is 30.9. The molecule has 0 rings (SSSR count). The number of carbonyl (C=O) groups excluding carboxylic acids is 9. The summed E-state index contributed by atoms with van der Waals surface area (Å²) in [7, 11) is 12.1. The summed E-state index contributed by atoms with van der Waals surface area (Å²) in [5.74, 6) is -2.66. The minimum atomic E-state index is -0.639. The number of carbonyl (C=O) groups is 8. The monoisotopic (exact) mass is 957 g/mol. The number of ether oxygens (including phenoxy) is 1. The molecule has 0 spiro atoms. The van der Waals surface area contributed by atoms with Crippen molar-refractivity contribution in [3.63, 3.8) is 0 Å². The Labute approximate surface area is 288 Å².